The molecule has 0 heterocycles. The topological polar surface area (TPSA) is 38.3 Å². The van der Waals surface area contributed by atoms with Crippen LogP contribution in [0.2, 0.25) is 0 Å². The number of carbonyl (C=O) groups excluding carboxylic acids is 1. The van der Waals surface area contributed by atoms with Gasteiger partial charge in [0.25, 0.3) is 0 Å². The summed E-state index contributed by atoms with van der Waals surface area (Å²) < 4.78 is 5.20. The molecule has 0 aromatic heterocycles. The number of thioether (sulfide) groups is 1. The summed E-state index contributed by atoms with van der Waals surface area (Å²) in [5, 5.41) is 3.00. The van der Waals surface area contributed by atoms with Crippen molar-refractivity contribution in [2.45, 2.75) is 17.9 Å². The van der Waals surface area contributed by atoms with Crippen LogP contribution in [-0.4, -0.2) is 18.8 Å². The summed E-state index contributed by atoms with van der Waals surface area (Å²) in [6.07, 6.45) is 0. The Kier molecular flexibility index (Phi) is 5.69. The first-order chi connectivity index (χ1) is 10.2. The molecule has 0 aliphatic rings. The molecular formula is C17H19NO2S. The number of rotatable bonds is 6. The van der Waals surface area contributed by atoms with Crippen LogP contribution in [0.25, 0.3) is 0 Å². The maximum absolute atomic E-state index is 12.0. The lowest BCUT2D eigenvalue weighted by Gasteiger charge is -2.15. The lowest BCUT2D eigenvalue weighted by Crippen LogP contribution is -2.28. The molecule has 2 aromatic rings. The van der Waals surface area contributed by atoms with Crippen molar-refractivity contribution >= 4 is 17.7 Å². The Hall–Kier alpha value is -1.94. The number of amides is 1. The highest BCUT2D eigenvalue weighted by Gasteiger charge is 2.10. The second-order valence-corrected chi connectivity index (χ2v) is 5.72. The Balaban J connectivity index is 1.87. The van der Waals surface area contributed by atoms with Gasteiger partial charge in [-0.2, -0.15) is 0 Å². The number of benzene rings is 2. The van der Waals surface area contributed by atoms with E-state index in [4.69, 9.17) is 4.74 Å². The Bertz CT molecular complexity index is 586. The van der Waals surface area contributed by atoms with E-state index in [9.17, 15) is 4.79 Å². The molecule has 1 unspecified atom stereocenters. The van der Waals surface area contributed by atoms with Crippen LogP contribution in [0.15, 0.2) is 59.5 Å². The zero-order valence-corrected chi connectivity index (χ0v) is 13.0. The van der Waals surface area contributed by atoms with Gasteiger partial charge >= 0.3 is 0 Å². The van der Waals surface area contributed by atoms with Gasteiger partial charge in [-0.1, -0.05) is 30.3 Å². The molecule has 2 rings (SSSR count). The van der Waals surface area contributed by atoms with Crippen LogP contribution in [0.1, 0.15) is 18.5 Å². The zero-order valence-electron chi connectivity index (χ0n) is 12.2. The number of carbonyl (C=O) groups is 1. The molecule has 0 saturated carbocycles. The van der Waals surface area contributed by atoms with E-state index in [1.807, 2.05) is 61.5 Å². The molecule has 2 aromatic carbocycles. The van der Waals surface area contributed by atoms with Gasteiger partial charge < -0.3 is 10.1 Å². The number of methoxy groups -OCH3 is 1. The van der Waals surface area contributed by atoms with E-state index >= 15 is 0 Å². The number of ether oxygens (including phenoxy) is 1. The van der Waals surface area contributed by atoms with Crippen LogP contribution in [-0.2, 0) is 4.79 Å². The Morgan fingerprint density at radius 1 is 1.19 bits per heavy atom. The normalized spacial score (nSPS) is 11.7. The monoisotopic (exact) mass is 301 g/mol. The largest absolute Gasteiger partial charge is 0.497 e. The molecule has 0 aliphatic carbocycles. The summed E-state index contributed by atoms with van der Waals surface area (Å²) in [6, 6.07) is 17.6. The molecule has 1 amide bonds. The predicted octanol–water partition coefficient (Wildman–Crippen LogP) is 3.66. The van der Waals surface area contributed by atoms with Gasteiger partial charge in [0, 0.05) is 4.90 Å². The molecule has 0 saturated heterocycles. The summed E-state index contributed by atoms with van der Waals surface area (Å²) >= 11 is 1.54. The van der Waals surface area contributed by atoms with E-state index in [1.54, 1.807) is 7.11 Å². The van der Waals surface area contributed by atoms with Crippen molar-refractivity contribution < 1.29 is 9.53 Å². The van der Waals surface area contributed by atoms with Crippen LogP contribution in [0.3, 0.4) is 0 Å². The third-order valence-corrected chi connectivity index (χ3v) is 4.10. The van der Waals surface area contributed by atoms with Crippen LogP contribution < -0.4 is 10.1 Å². The van der Waals surface area contributed by atoms with E-state index in [1.165, 1.54) is 11.8 Å². The highest BCUT2D eigenvalue weighted by molar-refractivity contribution is 8.00. The highest BCUT2D eigenvalue weighted by Crippen LogP contribution is 2.20. The van der Waals surface area contributed by atoms with Crippen LogP contribution in [0.5, 0.6) is 5.75 Å². The smallest absolute Gasteiger partial charge is 0.230 e. The first-order valence-corrected chi connectivity index (χ1v) is 7.79. The predicted molar refractivity (Wildman–Crippen MR) is 86.7 cm³/mol. The molecule has 21 heavy (non-hydrogen) atoms. The minimum Gasteiger partial charge on any atom is -0.497 e. The third-order valence-electron chi connectivity index (χ3n) is 3.08. The number of hydrogen-bond acceptors (Lipinski definition) is 3. The van der Waals surface area contributed by atoms with Gasteiger partial charge in [0.1, 0.15) is 5.75 Å². The zero-order chi connectivity index (χ0) is 15.1. The van der Waals surface area contributed by atoms with Gasteiger partial charge in [0.2, 0.25) is 5.91 Å². The first kappa shape index (κ1) is 15.4. The molecule has 0 aliphatic heterocycles. The number of nitrogens with one attached hydrogen (secondary N) is 1. The number of hydrogen-bond donors (Lipinski definition) is 1. The molecule has 3 nitrogen and oxygen atoms in total. The first-order valence-electron chi connectivity index (χ1n) is 6.80. The van der Waals surface area contributed by atoms with Crippen molar-refractivity contribution in [2.24, 2.45) is 0 Å². The van der Waals surface area contributed by atoms with Crippen LogP contribution >= 0.6 is 11.8 Å². The molecule has 0 spiro atoms. The molecule has 110 valence electrons. The summed E-state index contributed by atoms with van der Waals surface area (Å²) in [4.78, 5) is 13.1. The van der Waals surface area contributed by atoms with E-state index in [-0.39, 0.29) is 11.9 Å². The Labute approximate surface area is 129 Å². The van der Waals surface area contributed by atoms with Gasteiger partial charge in [0.05, 0.1) is 18.9 Å². The van der Waals surface area contributed by atoms with Crippen molar-refractivity contribution in [3.8, 4) is 5.75 Å². The standard InChI is InChI=1S/C17H19NO2S/c1-13(14-7-6-8-15(11-14)20-2)18-17(19)12-21-16-9-4-3-5-10-16/h3-11,13H,12H2,1-2H3,(H,18,19). The van der Waals surface area contributed by atoms with E-state index in [0.29, 0.717) is 5.75 Å². The molecule has 0 fully saturated rings. The Morgan fingerprint density at radius 3 is 2.67 bits per heavy atom. The summed E-state index contributed by atoms with van der Waals surface area (Å²) in [7, 11) is 1.64. The molecule has 0 radical (unpaired) electrons. The van der Waals surface area contributed by atoms with Crippen LogP contribution in [0, 0.1) is 0 Å². The summed E-state index contributed by atoms with van der Waals surface area (Å²) in [6.45, 7) is 1.97. The molecule has 4 heteroatoms. The molecule has 1 atom stereocenters. The maximum atomic E-state index is 12.0. The lowest BCUT2D eigenvalue weighted by molar-refractivity contribution is -0.119. The second kappa shape index (κ2) is 7.74. The van der Waals surface area contributed by atoms with Gasteiger partial charge in [-0.3, -0.25) is 4.79 Å². The highest BCUT2D eigenvalue weighted by atomic mass is 32.2. The average molecular weight is 301 g/mol. The quantitative estimate of drug-likeness (QED) is 0.827. The average Bonchev–Trinajstić information content (AvgIpc) is 2.54. The fourth-order valence-electron chi connectivity index (χ4n) is 1.94. The molecule has 0 bridgehead atoms. The van der Waals surface area contributed by atoms with E-state index in [2.05, 4.69) is 5.32 Å². The van der Waals surface area contributed by atoms with Crippen molar-refractivity contribution in [1.29, 1.82) is 0 Å². The summed E-state index contributed by atoms with van der Waals surface area (Å²) in [5.74, 6) is 1.24. The Morgan fingerprint density at radius 2 is 1.95 bits per heavy atom. The SMILES string of the molecule is COc1cccc(C(C)NC(=O)CSc2ccccc2)c1. The third kappa shape index (κ3) is 4.83. The van der Waals surface area contributed by atoms with Crippen LogP contribution in [0.4, 0.5) is 0 Å². The van der Waals surface area contributed by atoms with Crippen molar-refractivity contribution in [3.05, 3.63) is 60.2 Å². The van der Waals surface area contributed by atoms with Gasteiger partial charge in [-0.05, 0) is 36.8 Å². The molecule has 1 N–H and O–H groups in total. The van der Waals surface area contributed by atoms with Crippen molar-refractivity contribution in [2.75, 3.05) is 12.9 Å². The van der Waals surface area contributed by atoms with E-state index in [0.717, 1.165) is 16.2 Å². The van der Waals surface area contributed by atoms with Gasteiger partial charge in [-0.15, -0.1) is 11.8 Å². The fourth-order valence-corrected chi connectivity index (χ4v) is 2.67. The maximum Gasteiger partial charge on any atom is 0.230 e. The van der Waals surface area contributed by atoms with Gasteiger partial charge in [-0.25, -0.2) is 0 Å². The second-order valence-electron chi connectivity index (χ2n) is 4.67. The minimum absolute atomic E-state index is 0.0270. The van der Waals surface area contributed by atoms with Crippen molar-refractivity contribution in [1.82, 2.24) is 5.32 Å². The lowest BCUT2D eigenvalue weighted by atomic mass is 10.1. The molecular weight excluding hydrogens is 282 g/mol. The van der Waals surface area contributed by atoms with Crippen molar-refractivity contribution in [3.63, 3.8) is 0 Å². The fraction of sp³-hybridized carbons (Fsp3) is 0.235. The van der Waals surface area contributed by atoms with E-state index < -0.39 is 0 Å². The van der Waals surface area contributed by atoms with Gasteiger partial charge in [0.15, 0.2) is 0 Å². The summed E-state index contributed by atoms with van der Waals surface area (Å²) in [5.41, 5.74) is 1.03. The minimum atomic E-state index is -0.0380.